The van der Waals surface area contributed by atoms with Gasteiger partial charge in [0.15, 0.2) is 0 Å². The molecule has 0 N–H and O–H groups in total. The minimum Gasteiger partial charge on any atom is -0.496 e. The topological polar surface area (TPSA) is 36.9 Å². The Kier molecular flexibility index (Phi) is 4.93. The van der Waals surface area contributed by atoms with E-state index in [4.69, 9.17) is 18.9 Å². The number of rotatable bonds is 5. The van der Waals surface area contributed by atoms with Crippen molar-refractivity contribution in [1.82, 2.24) is 0 Å². The fourth-order valence-corrected chi connectivity index (χ4v) is 3.19. The Bertz CT molecular complexity index is 404. The number of alkyl halides is 1. The van der Waals surface area contributed by atoms with E-state index in [9.17, 15) is 0 Å². The van der Waals surface area contributed by atoms with Crippen LogP contribution in [-0.4, -0.2) is 34.5 Å². The van der Waals surface area contributed by atoms with Crippen molar-refractivity contribution in [2.75, 3.05) is 34.5 Å². The van der Waals surface area contributed by atoms with E-state index >= 15 is 0 Å². The highest BCUT2D eigenvalue weighted by Crippen LogP contribution is 2.46. The van der Waals surface area contributed by atoms with Gasteiger partial charge >= 0.3 is 0 Å². The summed E-state index contributed by atoms with van der Waals surface area (Å²) < 4.78 is 21.7. The highest BCUT2D eigenvalue weighted by molar-refractivity contribution is 9.09. The van der Waals surface area contributed by atoms with Gasteiger partial charge in [-0.25, -0.2) is 0 Å². The fraction of sp³-hybridized carbons (Fsp3) is 0.571. The Hall–Kier alpha value is -0.940. The van der Waals surface area contributed by atoms with E-state index in [0.29, 0.717) is 5.92 Å². The molecule has 0 aromatic heterocycles. The summed E-state index contributed by atoms with van der Waals surface area (Å²) in [7, 11) is 4.94. The predicted molar refractivity (Wildman–Crippen MR) is 76.7 cm³/mol. The maximum absolute atomic E-state index is 5.48. The van der Waals surface area contributed by atoms with Crippen LogP contribution in [0.2, 0.25) is 0 Å². The van der Waals surface area contributed by atoms with Crippen LogP contribution in [0.4, 0.5) is 0 Å². The molecule has 5 heteroatoms. The van der Waals surface area contributed by atoms with Crippen LogP contribution < -0.4 is 14.2 Å². The van der Waals surface area contributed by atoms with Crippen LogP contribution in [0.25, 0.3) is 0 Å². The van der Waals surface area contributed by atoms with Crippen LogP contribution in [-0.2, 0) is 4.74 Å². The molecule has 0 radical (unpaired) electrons. The van der Waals surface area contributed by atoms with Crippen molar-refractivity contribution >= 4 is 15.9 Å². The Balaban J connectivity index is 2.40. The molecule has 4 nitrogen and oxygen atoms in total. The summed E-state index contributed by atoms with van der Waals surface area (Å²) in [6, 6.07) is 3.75. The molecule has 2 rings (SSSR count). The number of hydrogen-bond donors (Lipinski definition) is 0. The van der Waals surface area contributed by atoms with Gasteiger partial charge in [-0.05, 0) is 6.42 Å². The number of ether oxygens (including phenoxy) is 4. The van der Waals surface area contributed by atoms with Gasteiger partial charge in [0.05, 0.1) is 38.3 Å². The van der Waals surface area contributed by atoms with Gasteiger partial charge in [0, 0.05) is 24.7 Å². The molecule has 1 heterocycles. The molecular formula is C14H19BrO4. The standard InChI is InChI=1S/C14H19BrO4/c1-16-10-6-11(17-2)13(12(7-10)18-3)14(15)9-4-5-19-8-9/h6-7,9,14H,4-5,8H2,1-3H3. The van der Waals surface area contributed by atoms with Gasteiger partial charge in [0.25, 0.3) is 0 Å². The SMILES string of the molecule is COc1cc(OC)c(C(Br)C2CCOC2)c(OC)c1. The fourth-order valence-electron chi connectivity index (χ4n) is 2.32. The van der Waals surface area contributed by atoms with E-state index in [2.05, 4.69) is 15.9 Å². The molecule has 19 heavy (non-hydrogen) atoms. The lowest BCUT2D eigenvalue weighted by Gasteiger charge is -2.22. The van der Waals surface area contributed by atoms with Gasteiger partial charge in [-0.2, -0.15) is 0 Å². The van der Waals surface area contributed by atoms with Gasteiger partial charge in [-0.1, -0.05) is 15.9 Å². The Morgan fingerprint density at radius 2 is 1.79 bits per heavy atom. The molecule has 1 aliphatic rings. The number of halogens is 1. The molecule has 0 aliphatic carbocycles. The van der Waals surface area contributed by atoms with Crippen molar-refractivity contribution in [3.63, 3.8) is 0 Å². The summed E-state index contributed by atoms with van der Waals surface area (Å²) >= 11 is 3.76. The molecule has 0 bridgehead atoms. The third-order valence-electron chi connectivity index (χ3n) is 3.41. The van der Waals surface area contributed by atoms with Crippen LogP contribution >= 0.6 is 15.9 Å². The normalized spacial score (nSPS) is 20.1. The zero-order valence-corrected chi connectivity index (χ0v) is 13.0. The molecule has 2 atom stereocenters. The second-order valence-electron chi connectivity index (χ2n) is 4.47. The zero-order valence-electron chi connectivity index (χ0n) is 11.4. The van der Waals surface area contributed by atoms with Crippen LogP contribution in [0.3, 0.4) is 0 Å². The van der Waals surface area contributed by atoms with Gasteiger partial charge in [-0.3, -0.25) is 0 Å². The minimum atomic E-state index is 0.144. The second-order valence-corrected chi connectivity index (χ2v) is 5.46. The maximum atomic E-state index is 5.48. The molecule has 1 aromatic rings. The van der Waals surface area contributed by atoms with Gasteiger partial charge < -0.3 is 18.9 Å². The first-order valence-electron chi connectivity index (χ1n) is 6.23. The smallest absolute Gasteiger partial charge is 0.130 e. The summed E-state index contributed by atoms with van der Waals surface area (Å²) in [5.41, 5.74) is 1.02. The number of benzene rings is 1. The first-order chi connectivity index (χ1) is 9.21. The molecule has 1 aromatic carbocycles. The van der Waals surface area contributed by atoms with E-state index in [1.165, 1.54) is 0 Å². The third kappa shape index (κ3) is 2.98. The Morgan fingerprint density at radius 1 is 1.16 bits per heavy atom. The summed E-state index contributed by atoms with van der Waals surface area (Å²) in [4.78, 5) is 0.144. The molecule has 1 aliphatic heterocycles. The molecule has 0 spiro atoms. The van der Waals surface area contributed by atoms with Crippen molar-refractivity contribution in [1.29, 1.82) is 0 Å². The number of methoxy groups -OCH3 is 3. The minimum absolute atomic E-state index is 0.144. The molecule has 106 valence electrons. The van der Waals surface area contributed by atoms with Crippen molar-refractivity contribution in [2.45, 2.75) is 11.2 Å². The van der Waals surface area contributed by atoms with Crippen LogP contribution in [0.5, 0.6) is 17.2 Å². The van der Waals surface area contributed by atoms with E-state index in [1.807, 2.05) is 12.1 Å². The molecule has 0 saturated carbocycles. The highest BCUT2D eigenvalue weighted by atomic mass is 79.9. The summed E-state index contributed by atoms with van der Waals surface area (Å²) in [6.45, 7) is 1.57. The summed E-state index contributed by atoms with van der Waals surface area (Å²) in [5, 5.41) is 0. The molecule has 1 fully saturated rings. The van der Waals surface area contributed by atoms with Crippen molar-refractivity contribution < 1.29 is 18.9 Å². The van der Waals surface area contributed by atoms with Crippen molar-refractivity contribution in [3.05, 3.63) is 17.7 Å². The third-order valence-corrected chi connectivity index (χ3v) is 4.61. The predicted octanol–water partition coefficient (Wildman–Crippen LogP) is 3.18. The van der Waals surface area contributed by atoms with Crippen LogP contribution in [0, 0.1) is 5.92 Å². The first-order valence-corrected chi connectivity index (χ1v) is 7.14. The zero-order chi connectivity index (χ0) is 13.8. The lowest BCUT2D eigenvalue weighted by Crippen LogP contribution is -2.10. The second kappa shape index (κ2) is 6.48. The molecular weight excluding hydrogens is 312 g/mol. The lowest BCUT2D eigenvalue weighted by atomic mass is 9.97. The maximum Gasteiger partial charge on any atom is 0.130 e. The van der Waals surface area contributed by atoms with Gasteiger partial charge in [-0.15, -0.1) is 0 Å². The highest BCUT2D eigenvalue weighted by Gasteiger charge is 2.30. The van der Waals surface area contributed by atoms with Gasteiger partial charge in [0.2, 0.25) is 0 Å². The lowest BCUT2D eigenvalue weighted by molar-refractivity contribution is 0.185. The van der Waals surface area contributed by atoms with E-state index in [1.54, 1.807) is 21.3 Å². The molecule has 0 amide bonds. The molecule has 1 saturated heterocycles. The Morgan fingerprint density at radius 3 is 2.21 bits per heavy atom. The van der Waals surface area contributed by atoms with Gasteiger partial charge in [0.1, 0.15) is 17.2 Å². The first kappa shape index (κ1) is 14.5. The van der Waals surface area contributed by atoms with E-state index < -0.39 is 0 Å². The van der Waals surface area contributed by atoms with E-state index in [-0.39, 0.29) is 4.83 Å². The average Bonchev–Trinajstić information content (AvgIpc) is 2.99. The monoisotopic (exact) mass is 330 g/mol. The van der Waals surface area contributed by atoms with Crippen molar-refractivity contribution in [2.24, 2.45) is 5.92 Å². The number of hydrogen-bond acceptors (Lipinski definition) is 4. The largest absolute Gasteiger partial charge is 0.496 e. The summed E-state index contributed by atoms with van der Waals surface area (Å²) in [5.74, 6) is 2.69. The Labute approximate surface area is 122 Å². The average molecular weight is 331 g/mol. The van der Waals surface area contributed by atoms with Crippen LogP contribution in [0.1, 0.15) is 16.8 Å². The summed E-state index contributed by atoms with van der Waals surface area (Å²) in [6.07, 6.45) is 1.04. The quantitative estimate of drug-likeness (QED) is 0.777. The van der Waals surface area contributed by atoms with Crippen LogP contribution in [0.15, 0.2) is 12.1 Å². The van der Waals surface area contributed by atoms with E-state index in [0.717, 1.165) is 42.4 Å². The molecule has 2 unspecified atom stereocenters. The van der Waals surface area contributed by atoms with Crippen molar-refractivity contribution in [3.8, 4) is 17.2 Å².